The Bertz CT molecular complexity index is 2780. The number of esters is 2. The van der Waals surface area contributed by atoms with Crippen molar-refractivity contribution in [2.75, 3.05) is 40.9 Å². The number of aromatic nitrogens is 2. The topological polar surface area (TPSA) is 204 Å². The summed E-state index contributed by atoms with van der Waals surface area (Å²) < 4.78 is 20.1. The smallest absolute Gasteiger partial charge is 0.324 e. The Kier molecular flexibility index (Phi) is 15.1. The highest BCUT2D eigenvalue weighted by Crippen LogP contribution is 2.43. The minimum atomic E-state index is -1.19. The summed E-state index contributed by atoms with van der Waals surface area (Å²) >= 11 is 0. The molecule has 5 heterocycles. The molecule has 2 aromatic heterocycles. The number of benzene rings is 2. The standard InChI is InChI=1S/C56H72N8O9/c1-9-63-45-21-20-37-28-41(45)42(51(63)40-16-12-22-57-47(40)32(2)71-8)29-56(4,5)31-72-55(70)43-17-13-23-64(60-43)53(68)44(26-34-24-38(37)27-39(25-34)73-33(3)65)58-52(67)50(36-14-10-11-15-36)62(7)46(66)30-61(6)54(69)49-48(59-49)35-18-19-35/h12,16,20-22,24-25,27-28,32,35-36,43-44,48-50,59-60H,9-11,13-15,17-19,23,26,29-31H2,1-8H3,(H,58,67)/t32-,43-,44-,48+,49+,50?/m0/s1. The SMILES string of the molecule is CCn1c(-c2cccnc2[C@H](C)OC)c2c3cc(ccc31)-c1cc(cc(OC(C)=O)c1)C[C@H](NC(=O)C(C1CCCC1)N(C)C(=O)CN(C)C(=O)[C@@H]1N[C@@H]1C1CC1)C(=O)N1CCC[C@H](N1)C(=O)OCC(C)(C)C2. The molecule has 390 valence electrons. The van der Waals surface area contributed by atoms with Crippen LogP contribution in [0.4, 0.5) is 0 Å². The molecule has 73 heavy (non-hydrogen) atoms. The number of fused-ring (bicyclic) bond motifs is 6. The lowest BCUT2D eigenvalue weighted by molar-refractivity contribution is -0.155. The second kappa shape index (κ2) is 21.4. The number of rotatable bonds is 13. The van der Waals surface area contributed by atoms with Crippen molar-refractivity contribution in [2.24, 2.45) is 17.3 Å². The van der Waals surface area contributed by atoms with Crippen LogP contribution in [0, 0.1) is 17.3 Å². The van der Waals surface area contributed by atoms with E-state index in [4.69, 9.17) is 19.2 Å². The molecule has 0 radical (unpaired) electrons. The van der Waals surface area contributed by atoms with Gasteiger partial charge >= 0.3 is 11.9 Å². The number of amides is 4. The zero-order valence-corrected chi connectivity index (χ0v) is 43.6. The Balaban J connectivity index is 1.11. The predicted octanol–water partition coefficient (Wildman–Crippen LogP) is 5.90. The van der Waals surface area contributed by atoms with Crippen LogP contribution >= 0.6 is 0 Å². The van der Waals surface area contributed by atoms with Crippen molar-refractivity contribution in [3.63, 3.8) is 0 Å². The van der Waals surface area contributed by atoms with Crippen LogP contribution in [0.2, 0.25) is 0 Å². The van der Waals surface area contributed by atoms with Gasteiger partial charge in [-0.1, -0.05) is 38.8 Å². The van der Waals surface area contributed by atoms with Gasteiger partial charge in [-0.3, -0.25) is 44.1 Å². The van der Waals surface area contributed by atoms with Crippen molar-refractivity contribution in [3.05, 3.63) is 71.5 Å². The minimum absolute atomic E-state index is 0.0255. The average Bonchev–Trinajstić information content (AvgIpc) is 4.30. The van der Waals surface area contributed by atoms with E-state index in [9.17, 15) is 24.0 Å². The number of cyclic esters (lactones) is 1. The van der Waals surface area contributed by atoms with Gasteiger partial charge in [0.25, 0.3) is 5.91 Å². The molecule has 2 saturated heterocycles. The number of carbonyl (C=O) groups is 6. The third-order valence-corrected chi connectivity index (χ3v) is 15.6. The van der Waals surface area contributed by atoms with Crippen LogP contribution in [-0.4, -0.2) is 131 Å². The monoisotopic (exact) mass is 1000 g/mol. The maximum absolute atomic E-state index is 15.0. The number of nitrogens with one attached hydrogen (secondary N) is 3. The zero-order chi connectivity index (χ0) is 51.9. The van der Waals surface area contributed by atoms with E-state index in [2.05, 4.69) is 59.6 Å². The third kappa shape index (κ3) is 11.2. The summed E-state index contributed by atoms with van der Waals surface area (Å²) in [5.74, 6) is -1.90. The number of ether oxygens (including phenoxy) is 3. The molecule has 17 heteroatoms. The molecule has 9 rings (SSSR count). The summed E-state index contributed by atoms with van der Waals surface area (Å²) in [5, 5.41) is 8.76. The first-order valence-corrected chi connectivity index (χ1v) is 26.2. The highest BCUT2D eigenvalue weighted by Gasteiger charge is 2.52. The molecule has 4 fully saturated rings. The zero-order valence-electron chi connectivity index (χ0n) is 43.6. The Hall–Kier alpha value is -6.17. The van der Waals surface area contributed by atoms with Gasteiger partial charge in [0.05, 0.1) is 30.6 Å². The van der Waals surface area contributed by atoms with E-state index < -0.39 is 47.3 Å². The lowest BCUT2D eigenvalue weighted by Gasteiger charge is -2.37. The van der Waals surface area contributed by atoms with E-state index >= 15 is 4.79 Å². The van der Waals surface area contributed by atoms with Gasteiger partial charge in [0, 0.05) is 81.8 Å². The summed E-state index contributed by atoms with van der Waals surface area (Å²) in [6.45, 7) is 10.4. The van der Waals surface area contributed by atoms with Crippen molar-refractivity contribution in [1.82, 2.24) is 40.4 Å². The first-order valence-electron chi connectivity index (χ1n) is 26.2. The van der Waals surface area contributed by atoms with Gasteiger partial charge < -0.3 is 33.9 Å². The lowest BCUT2D eigenvalue weighted by atomic mass is 9.84. The number of likely N-dealkylation sites (N-methyl/N-ethyl adjacent to an activating group) is 2. The average molecular weight is 1000 g/mol. The number of aryl methyl sites for hydroxylation is 1. The van der Waals surface area contributed by atoms with Crippen LogP contribution in [0.3, 0.4) is 0 Å². The molecule has 5 aliphatic rings. The van der Waals surface area contributed by atoms with E-state index in [0.717, 1.165) is 70.2 Å². The van der Waals surface area contributed by atoms with E-state index in [-0.39, 0.29) is 67.8 Å². The summed E-state index contributed by atoms with van der Waals surface area (Å²) in [7, 11) is 4.89. The van der Waals surface area contributed by atoms with Gasteiger partial charge in [0.2, 0.25) is 17.7 Å². The number of methoxy groups -OCH3 is 1. The van der Waals surface area contributed by atoms with Gasteiger partial charge in [-0.05, 0) is 129 Å². The van der Waals surface area contributed by atoms with Crippen molar-refractivity contribution < 1.29 is 43.0 Å². The maximum atomic E-state index is 15.0. The summed E-state index contributed by atoms with van der Waals surface area (Å²) in [6, 6.07) is 12.6. The molecule has 2 aromatic carbocycles. The molecule has 3 aliphatic heterocycles. The largest absolute Gasteiger partial charge is 0.464 e. The highest BCUT2D eigenvalue weighted by molar-refractivity contribution is 5.97. The fraction of sp³-hybridized carbons (Fsp3) is 0.554. The number of hydrogen-bond acceptors (Lipinski definition) is 12. The molecule has 0 spiro atoms. The first kappa shape index (κ1) is 51.7. The summed E-state index contributed by atoms with van der Waals surface area (Å²) in [6.07, 6.45) is 8.30. The first-order chi connectivity index (χ1) is 34.9. The van der Waals surface area contributed by atoms with Crippen molar-refractivity contribution in [3.8, 4) is 28.1 Å². The third-order valence-electron chi connectivity index (χ3n) is 15.6. The number of pyridine rings is 1. The quantitative estimate of drug-likeness (QED) is 0.0815. The van der Waals surface area contributed by atoms with E-state index in [1.807, 2.05) is 25.1 Å². The van der Waals surface area contributed by atoms with Crippen molar-refractivity contribution >= 4 is 46.5 Å². The molecule has 4 amide bonds. The van der Waals surface area contributed by atoms with Gasteiger partial charge in [0.1, 0.15) is 29.9 Å². The number of hydrogen-bond donors (Lipinski definition) is 3. The van der Waals surface area contributed by atoms with Crippen LogP contribution in [-0.2, 0) is 57.6 Å². The van der Waals surface area contributed by atoms with Gasteiger partial charge in [-0.2, -0.15) is 0 Å². The van der Waals surface area contributed by atoms with Crippen LogP contribution in [0.15, 0.2) is 54.7 Å². The molecule has 3 N–H and O–H groups in total. The van der Waals surface area contributed by atoms with Crippen molar-refractivity contribution in [2.45, 2.75) is 142 Å². The van der Waals surface area contributed by atoms with Crippen molar-refractivity contribution in [1.29, 1.82) is 0 Å². The van der Waals surface area contributed by atoms with Crippen LogP contribution in [0.25, 0.3) is 33.3 Å². The molecule has 4 aromatic rings. The van der Waals surface area contributed by atoms with E-state index in [1.54, 1.807) is 39.5 Å². The van der Waals surface area contributed by atoms with Crippen LogP contribution in [0.1, 0.15) is 109 Å². The Labute approximate surface area is 428 Å². The second-order valence-electron chi connectivity index (χ2n) is 21.8. The second-order valence-corrected chi connectivity index (χ2v) is 21.8. The van der Waals surface area contributed by atoms with Gasteiger partial charge in [0.15, 0.2) is 0 Å². The minimum Gasteiger partial charge on any atom is -0.464 e. The highest BCUT2D eigenvalue weighted by atomic mass is 16.5. The lowest BCUT2D eigenvalue weighted by Crippen LogP contribution is -2.62. The summed E-state index contributed by atoms with van der Waals surface area (Å²) in [4.78, 5) is 91.9. The molecule has 6 atom stereocenters. The number of hydrazine groups is 1. The van der Waals surface area contributed by atoms with E-state index in [1.165, 1.54) is 21.7 Å². The number of carbonyl (C=O) groups excluding carboxylic acids is 6. The normalized spacial score (nSPS) is 23.0. The van der Waals surface area contributed by atoms with Crippen LogP contribution in [0.5, 0.6) is 5.75 Å². The molecule has 1 unspecified atom stereocenters. The Morgan fingerprint density at radius 3 is 2.47 bits per heavy atom. The van der Waals surface area contributed by atoms with Gasteiger partial charge in [-0.15, -0.1) is 0 Å². The fourth-order valence-corrected chi connectivity index (χ4v) is 11.5. The fourth-order valence-electron chi connectivity index (χ4n) is 11.5. The molecular weight excluding hydrogens is 929 g/mol. The van der Waals surface area contributed by atoms with Gasteiger partial charge in [-0.25, -0.2) is 5.43 Å². The number of nitrogens with zero attached hydrogens (tertiary/aromatic N) is 5. The van der Waals surface area contributed by atoms with E-state index in [0.29, 0.717) is 50.1 Å². The summed E-state index contributed by atoms with van der Waals surface area (Å²) in [5.41, 5.74) is 9.51. The Morgan fingerprint density at radius 2 is 1.75 bits per heavy atom. The molecule has 2 aliphatic carbocycles. The molecule has 17 nitrogen and oxygen atoms in total. The predicted molar refractivity (Wildman–Crippen MR) is 275 cm³/mol. The molecule has 2 saturated carbocycles. The maximum Gasteiger partial charge on any atom is 0.324 e. The van der Waals surface area contributed by atoms with Crippen LogP contribution < -0.4 is 20.8 Å². The molecular formula is C56H72N8O9. The Morgan fingerprint density at radius 1 is 0.986 bits per heavy atom. The molecule has 6 bridgehead atoms.